The number of nitrogens with one attached hydrogen (secondary N) is 1. The van der Waals surface area contributed by atoms with Crippen molar-refractivity contribution in [3.63, 3.8) is 0 Å². The largest absolute Gasteiger partial charge is 0.481 e. The number of hydrogen-bond acceptors (Lipinski definition) is 5. The Balaban J connectivity index is 1.29. The highest BCUT2D eigenvalue weighted by atomic mass is 32.2. The number of fused-ring (bicyclic) bond motifs is 7. The molecule has 0 saturated heterocycles. The molecular weight excluding hydrogens is 659 g/mol. The number of aliphatic hydroxyl groups excluding tert-OH is 1. The summed E-state index contributed by atoms with van der Waals surface area (Å²) in [6.45, 7) is 17.7. The van der Waals surface area contributed by atoms with E-state index in [-0.39, 0.29) is 63.1 Å². The molecule has 0 aromatic heterocycles. The predicted molar refractivity (Wildman–Crippen MR) is 206 cm³/mol. The summed E-state index contributed by atoms with van der Waals surface area (Å²) in [5.41, 5.74) is 1.18. The average Bonchev–Trinajstić information content (AvgIpc) is 3.46. The molecule has 5 aliphatic rings. The number of carboxylic acid groups (broad SMARTS) is 2. The lowest BCUT2D eigenvalue weighted by atomic mass is 9.32. The Morgan fingerprint density at radius 3 is 2.04 bits per heavy atom. The third-order valence-electron chi connectivity index (χ3n) is 16.5. The Morgan fingerprint density at radius 1 is 0.706 bits per heavy atom. The zero-order valence-corrected chi connectivity index (χ0v) is 33.5. The van der Waals surface area contributed by atoms with Gasteiger partial charge in [0.15, 0.2) is 0 Å². The lowest BCUT2D eigenvalue weighted by molar-refractivity contribution is -0.246. The Labute approximate surface area is 313 Å². The minimum Gasteiger partial charge on any atom is -0.481 e. The molecule has 0 spiro atoms. The molecule has 5 aliphatic carbocycles. The van der Waals surface area contributed by atoms with Crippen LogP contribution in [0.25, 0.3) is 0 Å². The minimum absolute atomic E-state index is 0.0723. The topological polar surface area (TPSA) is 124 Å². The van der Waals surface area contributed by atoms with E-state index in [2.05, 4.69) is 46.5 Å². The van der Waals surface area contributed by atoms with Gasteiger partial charge in [0.1, 0.15) is 0 Å². The molecule has 8 heteroatoms. The summed E-state index contributed by atoms with van der Waals surface area (Å²) in [5, 5.41) is 32.7. The first-order valence-electron chi connectivity index (χ1n) is 20.7. The summed E-state index contributed by atoms with van der Waals surface area (Å²) in [4.78, 5) is 36.6. The summed E-state index contributed by atoms with van der Waals surface area (Å²) in [7, 11) is 0. The number of unbranched alkanes of at least 4 members (excludes halogenated alkanes) is 7. The normalized spacial score (nSPS) is 39.6. The van der Waals surface area contributed by atoms with Crippen molar-refractivity contribution in [2.24, 2.45) is 56.7 Å². The van der Waals surface area contributed by atoms with E-state index in [0.717, 1.165) is 108 Å². The summed E-state index contributed by atoms with van der Waals surface area (Å²) in [6, 6.07) is 0. The van der Waals surface area contributed by atoms with Gasteiger partial charge < -0.3 is 20.6 Å². The molecule has 5 fully saturated rings. The van der Waals surface area contributed by atoms with Crippen LogP contribution in [0.2, 0.25) is 0 Å². The van der Waals surface area contributed by atoms with Crippen molar-refractivity contribution >= 4 is 29.6 Å². The van der Waals surface area contributed by atoms with Crippen LogP contribution in [0.5, 0.6) is 0 Å². The van der Waals surface area contributed by atoms with E-state index < -0.39 is 11.9 Å². The minimum atomic E-state index is -0.789. The van der Waals surface area contributed by atoms with Gasteiger partial charge in [-0.25, -0.2) is 0 Å². The number of aliphatic hydroxyl groups is 1. The second-order valence-corrected chi connectivity index (χ2v) is 20.1. The highest BCUT2D eigenvalue weighted by Gasteiger charge is 2.71. The summed E-state index contributed by atoms with van der Waals surface area (Å²) < 4.78 is 0. The molecule has 51 heavy (non-hydrogen) atoms. The number of aliphatic carboxylic acids is 2. The fraction of sp³-hybridized carbons (Fsp3) is 0.884. The molecule has 5 rings (SSSR count). The summed E-state index contributed by atoms with van der Waals surface area (Å²) >= 11 is 1.45. The van der Waals surface area contributed by atoms with E-state index in [9.17, 15) is 24.6 Å². The predicted octanol–water partition coefficient (Wildman–Crippen LogP) is 9.51. The molecule has 4 N–H and O–H groups in total. The second-order valence-electron chi connectivity index (χ2n) is 19.1. The van der Waals surface area contributed by atoms with Gasteiger partial charge in [-0.2, -0.15) is 0 Å². The zero-order chi connectivity index (χ0) is 37.2. The monoisotopic (exact) mass is 730 g/mol. The van der Waals surface area contributed by atoms with Gasteiger partial charge in [0.25, 0.3) is 0 Å². The van der Waals surface area contributed by atoms with Crippen molar-refractivity contribution in [3.8, 4) is 0 Å². The van der Waals surface area contributed by atoms with Crippen LogP contribution in [0.3, 0.4) is 0 Å². The van der Waals surface area contributed by atoms with E-state index >= 15 is 0 Å². The lowest BCUT2D eigenvalue weighted by Gasteiger charge is -2.72. The lowest BCUT2D eigenvalue weighted by Crippen LogP contribution is -2.67. The number of thioether (sulfide) groups is 1. The van der Waals surface area contributed by atoms with Crippen molar-refractivity contribution in [1.82, 2.24) is 5.32 Å². The Kier molecular flexibility index (Phi) is 12.8. The van der Waals surface area contributed by atoms with Crippen LogP contribution in [0.15, 0.2) is 12.2 Å². The molecule has 1 amide bonds. The number of carbonyl (C=O) groups excluding carboxylic acids is 1. The van der Waals surface area contributed by atoms with Crippen LogP contribution in [0, 0.1) is 56.7 Å². The first-order chi connectivity index (χ1) is 24.0. The maximum absolute atomic E-state index is 14.5. The quantitative estimate of drug-likeness (QED) is 0.0869. The van der Waals surface area contributed by atoms with Crippen molar-refractivity contribution < 1.29 is 29.7 Å². The fourth-order valence-corrected chi connectivity index (χ4v) is 14.4. The zero-order valence-electron chi connectivity index (χ0n) is 32.7. The van der Waals surface area contributed by atoms with Crippen LogP contribution in [0.1, 0.15) is 157 Å². The molecule has 0 bridgehead atoms. The molecule has 5 saturated carbocycles. The first-order valence-corrected chi connectivity index (χ1v) is 21.9. The third-order valence-corrected chi connectivity index (χ3v) is 17.5. The van der Waals surface area contributed by atoms with E-state index in [1.807, 2.05) is 0 Å². The maximum Gasteiger partial charge on any atom is 0.313 e. The van der Waals surface area contributed by atoms with Gasteiger partial charge >= 0.3 is 11.9 Å². The Morgan fingerprint density at radius 2 is 1.37 bits per heavy atom. The fourth-order valence-electron chi connectivity index (χ4n) is 13.6. The van der Waals surface area contributed by atoms with Crippen LogP contribution in [-0.4, -0.2) is 57.3 Å². The van der Waals surface area contributed by atoms with Crippen LogP contribution >= 0.6 is 11.8 Å². The molecule has 0 radical (unpaired) electrons. The van der Waals surface area contributed by atoms with Crippen molar-refractivity contribution in [2.75, 3.05) is 18.1 Å². The third kappa shape index (κ3) is 7.58. The molecule has 0 aliphatic heterocycles. The molecular formula is C43H71NO6S. The van der Waals surface area contributed by atoms with Crippen molar-refractivity contribution in [2.45, 2.75) is 163 Å². The van der Waals surface area contributed by atoms with Gasteiger partial charge in [-0.1, -0.05) is 85.3 Å². The Bertz CT molecular complexity index is 1280. The van der Waals surface area contributed by atoms with Crippen LogP contribution in [-0.2, 0) is 14.4 Å². The van der Waals surface area contributed by atoms with Crippen molar-refractivity contribution in [3.05, 3.63) is 12.2 Å². The van der Waals surface area contributed by atoms with Gasteiger partial charge in [0, 0.05) is 18.7 Å². The molecule has 0 aromatic carbocycles. The molecule has 7 nitrogen and oxygen atoms in total. The second kappa shape index (κ2) is 16.1. The number of rotatable bonds is 17. The molecule has 0 aromatic rings. The highest BCUT2D eigenvalue weighted by molar-refractivity contribution is 8.00. The Hall–Kier alpha value is -1.54. The first kappa shape index (κ1) is 40.6. The van der Waals surface area contributed by atoms with Gasteiger partial charge in [-0.3, -0.25) is 14.4 Å². The van der Waals surface area contributed by atoms with E-state index in [4.69, 9.17) is 5.11 Å². The number of hydrogen-bond donors (Lipinski definition) is 4. The van der Waals surface area contributed by atoms with Crippen LogP contribution in [0.4, 0.5) is 0 Å². The van der Waals surface area contributed by atoms with Gasteiger partial charge in [0.05, 0.1) is 17.3 Å². The molecule has 10 atom stereocenters. The number of carbonyl (C=O) groups is 3. The number of carboxylic acids is 2. The highest BCUT2D eigenvalue weighted by Crippen LogP contribution is 2.77. The van der Waals surface area contributed by atoms with Crippen molar-refractivity contribution in [1.29, 1.82) is 0 Å². The molecule has 0 heterocycles. The summed E-state index contributed by atoms with van der Waals surface area (Å²) in [5.74, 6) is 1.54. The van der Waals surface area contributed by atoms with Gasteiger partial charge in [-0.15, -0.1) is 11.8 Å². The van der Waals surface area contributed by atoms with E-state index in [0.29, 0.717) is 23.5 Å². The van der Waals surface area contributed by atoms with Crippen LogP contribution < -0.4 is 5.32 Å². The summed E-state index contributed by atoms with van der Waals surface area (Å²) in [6.07, 6.45) is 19.0. The van der Waals surface area contributed by atoms with Gasteiger partial charge in [0.2, 0.25) is 5.91 Å². The smallest absolute Gasteiger partial charge is 0.313 e. The molecule has 0 unspecified atom stereocenters. The average molecular weight is 730 g/mol. The van der Waals surface area contributed by atoms with Gasteiger partial charge in [-0.05, 0) is 128 Å². The maximum atomic E-state index is 14.5. The molecule has 290 valence electrons. The SMILES string of the molecule is C=C(CSCC(=O)O)[C@@H]1CC[C@]2(C(=O)NCCCCCCCCCCC(=O)O)CC[C@]3(C)[C@H](CC[C@@H]4[C@@]5(C)CC[C@H](O)C(C)(C)[C@@H]5CC[C@]43C)[C@@H]12. The number of amides is 1. The van der Waals surface area contributed by atoms with E-state index in [1.54, 1.807) is 0 Å². The van der Waals surface area contributed by atoms with E-state index in [1.165, 1.54) is 31.0 Å². The standard InChI is InChI=1S/C43H71NO6S/c1-29(27-51-28-36(48)49)30-18-23-43(38(50)44-26-14-12-10-8-7-9-11-13-15-35(46)47)25-24-41(5)31(37(30)43)16-17-33-40(4)21-20-34(45)39(2,3)32(40)19-22-42(33,41)6/h30-34,37,45H,1,7-28H2,2-6H3,(H,44,50)(H,46,47)(H,48,49)/t30-,31+,32-,33+,34-,37+,40-,41+,42+,43-/m0/s1.